The number of rotatable bonds is 7. The van der Waals surface area contributed by atoms with Crippen LogP contribution in [0.2, 0.25) is 0 Å². The van der Waals surface area contributed by atoms with E-state index in [-0.39, 0.29) is 33.4 Å². The standard InChI is InChI=1S/C57H51N5O/c1-37-20-24-39(25-21-37)45-15-13-16-46(40-26-22-38(2)23-27-40)55(45)61-36-60(50-18-11-12-19-51(50)61)43-30-42(57(6,7)8)31-44(33-43)63-54-34-52-48(35-59-54)47-14-9-10-17-49(47)62(52)53-32-41(28-29-58-53)56(3,4)5/h9-35H,1-8H3/q+2/i1D3,2D3,20D,21D,22D,23D,24D,25D,26D,27D. The smallest absolute Gasteiger partial charge is 0.439 e. The lowest BCUT2D eigenvalue weighted by Gasteiger charge is -2.20. The molecule has 6 nitrogen and oxygen atoms in total. The first-order chi connectivity index (χ1) is 36.1. The zero-order chi connectivity index (χ0) is 55.6. The van der Waals surface area contributed by atoms with Crippen LogP contribution in [0.1, 0.15) is 83.0 Å². The van der Waals surface area contributed by atoms with Crippen LogP contribution >= 0.6 is 0 Å². The van der Waals surface area contributed by atoms with Gasteiger partial charge in [-0.25, -0.2) is 9.97 Å². The van der Waals surface area contributed by atoms with Gasteiger partial charge in [0.25, 0.3) is 11.4 Å². The summed E-state index contributed by atoms with van der Waals surface area (Å²) >= 11 is 0. The highest BCUT2D eigenvalue weighted by Gasteiger charge is 2.39. The minimum Gasteiger partial charge on any atom is -0.439 e. The molecule has 0 saturated carbocycles. The molecule has 308 valence electrons. The Hall–Kier alpha value is -7.40. The Bertz CT molecular complexity index is 3890. The predicted octanol–water partition coefficient (Wildman–Crippen LogP) is 14.8. The monoisotopic (exact) mass is 835 g/mol. The first-order valence-electron chi connectivity index (χ1n) is 27.6. The first kappa shape index (κ1) is 26.8. The number of benzene rings is 6. The van der Waals surface area contributed by atoms with Gasteiger partial charge in [0.1, 0.15) is 11.6 Å². The maximum Gasteiger partial charge on any atom is 0.503 e. The Kier molecular flexibility index (Phi) is 6.47. The fraction of sp³-hybridized carbons (Fsp3) is 0.175. The van der Waals surface area contributed by atoms with Crippen LogP contribution in [0.25, 0.3) is 49.9 Å². The van der Waals surface area contributed by atoms with E-state index >= 15 is 0 Å². The van der Waals surface area contributed by atoms with Crippen molar-refractivity contribution in [1.29, 1.82) is 0 Å². The van der Waals surface area contributed by atoms with Crippen LogP contribution in [-0.2, 0) is 10.8 Å². The molecule has 0 spiro atoms. The van der Waals surface area contributed by atoms with Crippen molar-refractivity contribution < 1.29 is 23.9 Å². The topological polar surface area (TPSA) is 46.0 Å². The van der Waals surface area contributed by atoms with E-state index < -0.39 is 78.6 Å². The van der Waals surface area contributed by atoms with Gasteiger partial charge in [0, 0.05) is 55.7 Å². The van der Waals surface area contributed by atoms with E-state index in [2.05, 4.69) is 64.3 Å². The summed E-state index contributed by atoms with van der Waals surface area (Å²) in [5.74, 6) is 1.46. The van der Waals surface area contributed by atoms with Gasteiger partial charge in [0.05, 0.1) is 39.2 Å². The molecule has 6 heteroatoms. The van der Waals surface area contributed by atoms with E-state index in [0.29, 0.717) is 28.7 Å². The van der Waals surface area contributed by atoms with Crippen molar-refractivity contribution in [2.75, 3.05) is 0 Å². The van der Waals surface area contributed by atoms with Crippen molar-refractivity contribution in [1.82, 2.24) is 23.7 Å². The molecule has 9 aromatic rings. The third-order valence-corrected chi connectivity index (χ3v) is 11.2. The summed E-state index contributed by atoms with van der Waals surface area (Å²) in [6.07, 6.45) is 3.61. The van der Waals surface area contributed by atoms with Gasteiger partial charge in [-0.1, -0.05) is 137 Å². The minimum atomic E-state index is -3.01. The minimum absolute atomic E-state index is 0.0100. The number of ether oxygens (including phenoxy) is 1. The Morgan fingerprint density at radius 3 is 1.89 bits per heavy atom. The van der Waals surface area contributed by atoms with Gasteiger partial charge in [-0.05, 0) is 92.3 Å². The van der Waals surface area contributed by atoms with Crippen molar-refractivity contribution in [2.24, 2.45) is 0 Å². The summed E-state index contributed by atoms with van der Waals surface area (Å²) in [5.41, 5.74) is 2.53. The molecule has 4 heterocycles. The fourth-order valence-corrected chi connectivity index (χ4v) is 7.98. The van der Waals surface area contributed by atoms with Crippen molar-refractivity contribution in [3.63, 3.8) is 0 Å². The van der Waals surface area contributed by atoms with Crippen molar-refractivity contribution in [3.8, 4) is 39.7 Å². The van der Waals surface area contributed by atoms with E-state index in [4.69, 9.17) is 28.4 Å². The highest BCUT2D eigenvalue weighted by molar-refractivity contribution is 6.09. The molecule has 0 fully saturated rings. The molecule has 0 atom stereocenters. The summed E-state index contributed by atoms with van der Waals surface area (Å²) in [6, 6.07) is 28.9. The SMILES string of the molecule is [2H]c1c([2H])c(C([2H])([2H])[2H])c([2H])c([2H])c1-c1cccc(-c2c([2H])c([2H])c(C([2H])([2H])[2H])c([2H])c2[2H])c1[N+]1=C=[N+](c2cc(Oc3cc4c(cn3)c3ccccc3n4-c3cc(C(C)(C)C)ccn3)cc(C(C)(C)C)c2)c2ccccc21. The first-order valence-corrected chi connectivity index (χ1v) is 20.6. The summed E-state index contributed by atoms with van der Waals surface area (Å²) < 4.78 is 133. The molecule has 1 aliphatic rings. The highest BCUT2D eigenvalue weighted by Crippen LogP contribution is 2.45. The number of fused-ring (bicyclic) bond motifs is 4. The molecule has 1 aliphatic heterocycles. The van der Waals surface area contributed by atoms with Gasteiger partial charge in [-0.2, -0.15) is 0 Å². The number of hydrogen-bond acceptors (Lipinski definition) is 3. The molecule has 0 N–H and O–H groups in total. The molecule has 10 rings (SSSR count). The normalized spacial score (nSPS) is 16.3. The predicted molar refractivity (Wildman–Crippen MR) is 261 cm³/mol. The van der Waals surface area contributed by atoms with Gasteiger partial charge in [0.15, 0.2) is 0 Å². The van der Waals surface area contributed by atoms with Crippen LogP contribution in [0.3, 0.4) is 0 Å². The Morgan fingerprint density at radius 2 is 1.24 bits per heavy atom. The van der Waals surface area contributed by atoms with Crippen molar-refractivity contribution >= 4 is 50.6 Å². The van der Waals surface area contributed by atoms with Crippen LogP contribution in [0.5, 0.6) is 11.6 Å². The van der Waals surface area contributed by atoms with E-state index in [9.17, 15) is 5.48 Å². The molecule has 6 aromatic carbocycles. The average Bonchev–Trinajstić information content (AvgIpc) is 3.90. The number of para-hydroxylation sites is 4. The molecule has 0 aliphatic carbocycles. The second kappa shape index (κ2) is 15.2. The largest absolute Gasteiger partial charge is 0.503 e. The summed E-state index contributed by atoms with van der Waals surface area (Å²) in [7, 11) is 0. The molecular weight excluding hydrogens is 771 g/mol. The van der Waals surface area contributed by atoms with Crippen LogP contribution in [0, 0.1) is 13.7 Å². The number of hydrogen-bond donors (Lipinski definition) is 0. The van der Waals surface area contributed by atoms with Gasteiger partial charge in [-0.15, -0.1) is 0 Å². The number of nitrogens with zero attached hydrogens (tertiary/aromatic N) is 5. The Balaban J connectivity index is 1.23. The molecule has 0 saturated heterocycles. The molecule has 0 bridgehead atoms. The number of aromatic nitrogens is 3. The number of pyridine rings is 2. The van der Waals surface area contributed by atoms with Gasteiger partial charge >= 0.3 is 6.01 Å². The average molecular weight is 836 g/mol. The van der Waals surface area contributed by atoms with Crippen molar-refractivity contribution in [3.05, 3.63) is 186 Å². The zero-order valence-corrected chi connectivity index (χ0v) is 35.6. The molecule has 3 aromatic heterocycles. The second-order valence-corrected chi connectivity index (χ2v) is 17.6. The Labute approximate surface area is 389 Å². The van der Waals surface area contributed by atoms with Crippen LogP contribution in [-0.4, -0.2) is 20.5 Å². The van der Waals surface area contributed by atoms with E-state index in [1.165, 1.54) is 18.2 Å². The lowest BCUT2D eigenvalue weighted by atomic mass is 9.86. The maximum atomic E-state index is 9.25. The van der Waals surface area contributed by atoms with E-state index in [0.717, 1.165) is 38.8 Å². The van der Waals surface area contributed by atoms with Gasteiger partial charge in [-0.3, -0.25) is 4.57 Å². The van der Waals surface area contributed by atoms with Gasteiger partial charge < -0.3 is 4.74 Å². The van der Waals surface area contributed by atoms with Gasteiger partial charge in [0.2, 0.25) is 17.3 Å². The third kappa shape index (κ3) is 7.33. The van der Waals surface area contributed by atoms with Crippen LogP contribution < -0.4 is 13.9 Å². The summed E-state index contributed by atoms with van der Waals surface area (Å²) in [6.45, 7) is 6.62. The fourth-order valence-electron chi connectivity index (χ4n) is 7.98. The van der Waals surface area contributed by atoms with Crippen LogP contribution in [0.4, 0.5) is 22.7 Å². The third-order valence-electron chi connectivity index (χ3n) is 11.2. The van der Waals surface area contributed by atoms with E-state index in [1.54, 1.807) is 27.5 Å². The lowest BCUT2D eigenvalue weighted by molar-refractivity contribution is 0.460. The quantitative estimate of drug-likeness (QED) is 0.150. The summed E-state index contributed by atoms with van der Waals surface area (Å²) in [4.78, 5) is 9.65. The van der Waals surface area contributed by atoms with Crippen molar-refractivity contribution in [2.45, 2.75) is 66.1 Å². The molecule has 63 heavy (non-hydrogen) atoms. The molecule has 0 amide bonds. The summed E-state index contributed by atoms with van der Waals surface area (Å²) in [5, 5.41) is 1.89. The molecule has 0 radical (unpaired) electrons. The Morgan fingerprint density at radius 1 is 0.603 bits per heavy atom. The van der Waals surface area contributed by atoms with E-state index in [1.807, 2.05) is 66.9 Å². The second-order valence-electron chi connectivity index (χ2n) is 17.6. The molecular formula is C57H51N5O+2. The highest BCUT2D eigenvalue weighted by atomic mass is 16.5. The lowest BCUT2D eigenvalue weighted by Crippen LogP contribution is -2.12. The van der Waals surface area contributed by atoms with Crippen LogP contribution in [0.15, 0.2) is 164 Å². The zero-order valence-electron chi connectivity index (χ0n) is 49.6. The maximum absolute atomic E-state index is 9.25. The molecule has 0 unspecified atom stereocenters.